The highest BCUT2D eigenvalue weighted by molar-refractivity contribution is 4.53. The van der Waals surface area contributed by atoms with Gasteiger partial charge in [-0.15, -0.1) is 0 Å². The molecule has 0 aliphatic heterocycles. The highest BCUT2D eigenvalue weighted by atomic mass is 16.5. The average molecular weight is 189 g/mol. The molecule has 0 aromatic rings. The Balaban J connectivity index is 2.99. The van der Waals surface area contributed by atoms with E-state index in [-0.39, 0.29) is 0 Å². The van der Waals surface area contributed by atoms with Crippen molar-refractivity contribution in [1.82, 2.24) is 0 Å². The first-order valence-corrected chi connectivity index (χ1v) is 5.12. The number of ether oxygens (including phenoxy) is 1. The summed E-state index contributed by atoms with van der Waals surface area (Å²) in [6.45, 7) is 6.16. The third kappa shape index (κ3) is 9.80. The van der Waals surface area contributed by atoms with Crippen molar-refractivity contribution in [1.29, 1.82) is 0 Å². The molecule has 0 heterocycles. The molecule has 0 spiro atoms. The predicted molar refractivity (Wildman–Crippen MR) is 54.6 cm³/mol. The van der Waals surface area contributed by atoms with Crippen LogP contribution in [0.3, 0.4) is 0 Å². The Morgan fingerprint density at radius 2 is 1.92 bits per heavy atom. The molecule has 0 aliphatic rings. The topological polar surface area (TPSA) is 55.5 Å². The molecule has 3 nitrogen and oxygen atoms in total. The van der Waals surface area contributed by atoms with Crippen LogP contribution in [0.5, 0.6) is 0 Å². The summed E-state index contributed by atoms with van der Waals surface area (Å²) in [4.78, 5) is 0. The van der Waals surface area contributed by atoms with Crippen molar-refractivity contribution in [2.24, 2.45) is 11.7 Å². The number of hydrogen-bond donors (Lipinski definition) is 2. The maximum absolute atomic E-state index is 9.10. The zero-order valence-corrected chi connectivity index (χ0v) is 8.83. The highest BCUT2D eigenvalue weighted by Gasteiger charge is 2.00. The van der Waals surface area contributed by atoms with E-state index in [9.17, 15) is 0 Å². The van der Waals surface area contributed by atoms with E-state index >= 15 is 0 Å². The lowest BCUT2D eigenvalue weighted by Gasteiger charge is -2.08. The van der Waals surface area contributed by atoms with Crippen molar-refractivity contribution in [3.8, 4) is 0 Å². The van der Waals surface area contributed by atoms with Crippen LogP contribution < -0.4 is 5.73 Å². The molecule has 0 saturated heterocycles. The molecule has 0 rings (SSSR count). The van der Waals surface area contributed by atoms with Crippen LogP contribution in [0, 0.1) is 5.92 Å². The molecule has 3 N–H and O–H groups in total. The van der Waals surface area contributed by atoms with Gasteiger partial charge in [0, 0.05) is 19.8 Å². The van der Waals surface area contributed by atoms with E-state index in [1.54, 1.807) is 0 Å². The van der Waals surface area contributed by atoms with Crippen LogP contribution in [0.1, 0.15) is 33.1 Å². The van der Waals surface area contributed by atoms with Gasteiger partial charge >= 0.3 is 0 Å². The average Bonchev–Trinajstić information content (AvgIpc) is 2.10. The number of aliphatic hydroxyl groups excluding tert-OH is 1. The fourth-order valence-corrected chi connectivity index (χ4v) is 1.03. The summed E-state index contributed by atoms with van der Waals surface area (Å²) < 4.78 is 5.34. The van der Waals surface area contributed by atoms with Crippen LogP contribution in [-0.4, -0.2) is 31.0 Å². The third-order valence-electron chi connectivity index (χ3n) is 1.94. The summed E-state index contributed by atoms with van der Waals surface area (Å²) in [5.74, 6) is 0.748. The minimum absolute atomic E-state index is 0.329. The van der Waals surface area contributed by atoms with E-state index in [1.165, 1.54) is 6.42 Å². The Morgan fingerprint density at radius 1 is 1.23 bits per heavy atom. The van der Waals surface area contributed by atoms with E-state index in [1.807, 2.05) is 0 Å². The predicted octanol–water partition coefficient (Wildman–Crippen LogP) is 1.15. The van der Waals surface area contributed by atoms with E-state index in [2.05, 4.69) is 13.8 Å². The summed E-state index contributed by atoms with van der Waals surface area (Å²) in [5, 5.41) is 9.10. The summed E-state index contributed by atoms with van der Waals surface area (Å²) in [5.41, 5.74) is 5.25. The molecule has 0 radical (unpaired) electrons. The molecular weight excluding hydrogens is 166 g/mol. The fourth-order valence-electron chi connectivity index (χ4n) is 1.03. The standard InChI is InChI=1S/C10H23NO2/c1-9(2)4-3-6-13-7-5-10(12)8-11/h9-10,12H,3-8,11H2,1-2H3. The lowest BCUT2D eigenvalue weighted by Crippen LogP contribution is -2.21. The Kier molecular flexibility index (Phi) is 8.40. The second kappa shape index (κ2) is 8.48. The van der Waals surface area contributed by atoms with E-state index < -0.39 is 6.10 Å². The van der Waals surface area contributed by atoms with Gasteiger partial charge in [0.1, 0.15) is 0 Å². The first-order chi connectivity index (χ1) is 6.16. The SMILES string of the molecule is CC(C)CCCOCCC(O)CN. The summed E-state index contributed by atoms with van der Waals surface area (Å²) >= 11 is 0. The molecule has 0 aromatic heterocycles. The van der Waals surface area contributed by atoms with Gasteiger partial charge in [-0.1, -0.05) is 13.8 Å². The van der Waals surface area contributed by atoms with Gasteiger partial charge in [0.05, 0.1) is 6.10 Å². The number of hydrogen-bond acceptors (Lipinski definition) is 3. The number of aliphatic hydroxyl groups is 1. The Hall–Kier alpha value is -0.120. The Labute approximate surface area is 81.3 Å². The molecule has 0 saturated carbocycles. The van der Waals surface area contributed by atoms with Gasteiger partial charge in [0.15, 0.2) is 0 Å². The molecular formula is C10H23NO2. The first-order valence-electron chi connectivity index (χ1n) is 5.12. The molecule has 80 valence electrons. The monoisotopic (exact) mass is 189 g/mol. The Bertz CT molecular complexity index is 107. The zero-order chi connectivity index (χ0) is 10.1. The van der Waals surface area contributed by atoms with Gasteiger partial charge in [0.2, 0.25) is 0 Å². The molecule has 0 aliphatic carbocycles. The molecule has 0 aromatic carbocycles. The second-order valence-electron chi connectivity index (χ2n) is 3.83. The van der Waals surface area contributed by atoms with Crippen molar-refractivity contribution < 1.29 is 9.84 Å². The van der Waals surface area contributed by atoms with Crippen LogP contribution in [0.15, 0.2) is 0 Å². The van der Waals surface area contributed by atoms with Gasteiger partial charge in [-0.25, -0.2) is 0 Å². The molecule has 13 heavy (non-hydrogen) atoms. The molecule has 3 heteroatoms. The maximum atomic E-state index is 9.10. The molecule has 0 bridgehead atoms. The normalized spacial score (nSPS) is 13.6. The van der Waals surface area contributed by atoms with Crippen LogP contribution in [0.25, 0.3) is 0 Å². The van der Waals surface area contributed by atoms with Crippen LogP contribution in [0.2, 0.25) is 0 Å². The highest BCUT2D eigenvalue weighted by Crippen LogP contribution is 2.03. The van der Waals surface area contributed by atoms with Crippen LogP contribution in [0.4, 0.5) is 0 Å². The van der Waals surface area contributed by atoms with Crippen molar-refractivity contribution in [2.45, 2.75) is 39.2 Å². The third-order valence-corrected chi connectivity index (χ3v) is 1.94. The van der Waals surface area contributed by atoms with Crippen molar-refractivity contribution in [3.05, 3.63) is 0 Å². The Morgan fingerprint density at radius 3 is 2.46 bits per heavy atom. The van der Waals surface area contributed by atoms with Crippen LogP contribution >= 0.6 is 0 Å². The largest absolute Gasteiger partial charge is 0.392 e. The van der Waals surface area contributed by atoms with Gasteiger partial charge in [0.25, 0.3) is 0 Å². The van der Waals surface area contributed by atoms with Crippen molar-refractivity contribution >= 4 is 0 Å². The van der Waals surface area contributed by atoms with E-state index in [4.69, 9.17) is 15.6 Å². The molecule has 1 atom stereocenters. The van der Waals surface area contributed by atoms with Crippen molar-refractivity contribution in [2.75, 3.05) is 19.8 Å². The van der Waals surface area contributed by atoms with Gasteiger partial charge in [-0.3, -0.25) is 0 Å². The first kappa shape index (κ1) is 12.9. The van der Waals surface area contributed by atoms with Gasteiger partial charge in [-0.2, -0.15) is 0 Å². The summed E-state index contributed by atoms with van der Waals surface area (Å²) in [7, 11) is 0. The van der Waals surface area contributed by atoms with Gasteiger partial charge < -0.3 is 15.6 Å². The molecule has 1 unspecified atom stereocenters. The molecule has 0 amide bonds. The lowest BCUT2D eigenvalue weighted by molar-refractivity contribution is 0.0822. The smallest absolute Gasteiger partial charge is 0.0684 e. The minimum atomic E-state index is -0.398. The summed E-state index contributed by atoms with van der Waals surface area (Å²) in [6, 6.07) is 0. The maximum Gasteiger partial charge on any atom is 0.0684 e. The van der Waals surface area contributed by atoms with E-state index in [0.717, 1.165) is 18.9 Å². The number of rotatable bonds is 8. The lowest BCUT2D eigenvalue weighted by atomic mass is 10.1. The van der Waals surface area contributed by atoms with Crippen molar-refractivity contribution in [3.63, 3.8) is 0 Å². The summed E-state index contributed by atoms with van der Waals surface area (Å²) in [6.07, 6.45) is 2.57. The van der Waals surface area contributed by atoms with E-state index in [0.29, 0.717) is 19.6 Å². The molecule has 0 fully saturated rings. The minimum Gasteiger partial charge on any atom is -0.392 e. The second-order valence-corrected chi connectivity index (χ2v) is 3.83. The fraction of sp³-hybridized carbons (Fsp3) is 1.00. The van der Waals surface area contributed by atoms with Crippen LogP contribution in [-0.2, 0) is 4.74 Å². The number of nitrogens with two attached hydrogens (primary N) is 1. The van der Waals surface area contributed by atoms with Gasteiger partial charge in [-0.05, 0) is 25.2 Å². The zero-order valence-electron chi connectivity index (χ0n) is 8.83. The quantitative estimate of drug-likeness (QED) is 0.563.